The number of benzene rings is 1. The van der Waals surface area contributed by atoms with Crippen LogP contribution in [0.5, 0.6) is 0 Å². The summed E-state index contributed by atoms with van der Waals surface area (Å²) < 4.78 is 12.8. The first-order chi connectivity index (χ1) is 6.24. The van der Waals surface area contributed by atoms with Crippen molar-refractivity contribution in [3.8, 4) is 6.07 Å². The highest BCUT2D eigenvalue weighted by molar-refractivity contribution is 5.50. The Morgan fingerprint density at radius 1 is 1.54 bits per heavy atom. The van der Waals surface area contributed by atoms with Gasteiger partial charge in [0.2, 0.25) is 0 Å². The molecule has 66 valence electrons. The van der Waals surface area contributed by atoms with Gasteiger partial charge in [0, 0.05) is 0 Å². The van der Waals surface area contributed by atoms with Crippen molar-refractivity contribution in [2.75, 3.05) is 0 Å². The van der Waals surface area contributed by atoms with Gasteiger partial charge < -0.3 is 0 Å². The number of nitrogens with zero attached hydrogens (tertiary/aromatic N) is 1. The highest BCUT2D eigenvalue weighted by Crippen LogP contribution is 2.10. The molecular formula is C11H10FN. The summed E-state index contributed by atoms with van der Waals surface area (Å²) >= 11 is 0. The van der Waals surface area contributed by atoms with E-state index in [4.69, 9.17) is 5.26 Å². The number of hydrogen-bond acceptors (Lipinski definition) is 1. The van der Waals surface area contributed by atoms with Gasteiger partial charge in [-0.25, -0.2) is 4.39 Å². The van der Waals surface area contributed by atoms with Gasteiger partial charge in [0.15, 0.2) is 0 Å². The molecule has 0 aliphatic rings. The maximum Gasteiger partial charge on any atom is 0.126 e. The molecular weight excluding hydrogens is 165 g/mol. The van der Waals surface area contributed by atoms with Crippen molar-refractivity contribution >= 4 is 6.08 Å². The minimum absolute atomic E-state index is 0.197. The highest BCUT2D eigenvalue weighted by Gasteiger charge is 1.95. The second-order valence-electron chi connectivity index (χ2n) is 2.77. The van der Waals surface area contributed by atoms with Crippen LogP contribution in [0.25, 0.3) is 6.08 Å². The third-order valence-electron chi connectivity index (χ3n) is 1.70. The van der Waals surface area contributed by atoms with Crippen molar-refractivity contribution in [1.82, 2.24) is 0 Å². The number of rotatable bonds is 2. The van der Waals surface area contributed by atoms with Crippen molar-refractivity contribution in [3.63, 3.8) is 0 Å². The molecule has 1 rings (SSSR count). The molecule has 1 aromatic carbocycles. The topological polar surface area (TPSA) is 23.8 Å². The molecule has 0 aliphatic heterocycles. The fourth-order valence-corrected chi connectivity index (χ4v) is 1.02. The standard InChI is InChI=1S/C11H10FN/c1-9-8-10(4-2-3-7-13)5-6-11(9)12/h2,4-6,8H,3H2,1H3. The third-order valence-corrected chi connectivity index (χ3v) is 1.70. The first kappa shape index (κ1) is 9.47. The number of hydrogen-bond donors (Lipinski definition) is 0. The Hall–Kier alpha value is -1.62. The number of aryl methyl sites for hydroxylation is 1. The van der Waals surface area contributed by atoms with Crippen LogP contribution < -0.4 is 0 Å². The molecule has 13 heavy (non-hydrogen) atoms. The molecule has 0 amide bonds. The second-order valence-corrected chi connectivity index (χ2v) is 2.77. The monoisotopic (exact) mass is 175 g/mol. The molecule has 0 aliphatic carbocycles. The SMILES string of the molecule is Cc1cc(C=CCC#N)ccc1F. The Morgan fingerprint density at radius 3 is 2.92 bits per heavy atom. The maximum atomic E-state index is 12.8. The molecule has 0 N–H and O–H groups in total. The van der Waals surface area contributed by atoms with Crippen molar-refractivity contribution in [3.05, 3.63) is 41.2 Å². The molecule has 1 nitrogen and oxygen atoms in total. The van der Waals surface area contributed by atoms with Crippen molar-refractivity contribution in [1.29, 1.82) is 5.26 Å². The molecule has 2 heteroatoms. The van der Waals surface area contributed by atoms with Crippen LogP contribution in [0.2, 0.25) is 0 Å². The zero-order chi connectivity index (χ0) is 9.68. The number of nitriles is 1. The van der Waals surface area contributed by atoms with E-state index in [1.807, 2.05) is 12.1 Å². The van der Waals surface area contributed by atoms with Crippen LogP contribution in [0.15, 0.2) is 24.3 Å². The molecule has 0 spiro atoms. The lowest BCUT2D eigenvalue weighted by Crippen LogP contribution is -1.82. The Morgan fingerprint density at radius 2 is 2.31 bits per heavy atom. The minimum Gasteiger partial charge on any atom is -0.207 e. The first-order valence-electron chi connectivity index (χ1n) is 4.03. The Balaban J connectivity index is 2.81. The Bertz CT molecular complexity index is 361. The van der Waals surface area contributed by atoms with Crippen molar-refractivity contribution in [2.24, 2.45) is 0 Å². The molecule has 1 aromatic rings. The van der Waals surface area contributed by atoms with Gasteiger partial charge in [-0.3, -0.25) is 0 Å². The van der Waals surface area contributed by atoms with E-state index < -0.39 is 0 Å². The minimum atomic E-state index is -0.197. The first-order valence-corrected chi connectivity index (χ1v) is 4.03. The molecule has 0 atom stereocenters. The van der Waals surface area contributed by atoms with Gasteiger partial charge in [-0.05, 0) is 30.2 Å². The van der Waals surface area contributed by atoms with Gasteiger partial charge in [0.1, 0.15) is 5.82 Å². The van der Waals surface area contributed by atoms with E-state index in [1.54, 1.807) is 25.1 Å². The average Bonchev–Trinajstić information content (AvgIpc) is 2.12. The van der Waals surface area contributed by atoms with E-state index >= 15 is 0 Å². The maximum absolute atomic E-state index is 12.8. The van der Waals surface area contributed by atoms with Crippen molar-refractivity contribution < 1.29 is 4.39 Å². The van der Waals surface area contributed by atoms with E-state index in [0.29, 0.717) is 12.0 Å². The lowest BCUT2D eigenvalue weighted by molar-refractivity contribution is 0.618. The lowest BCUT2D eigenvalue weighted by Gasteiger charge is -1.97. The predicted molar refractivity (Wildman–Crippen MR) is 50.4 cm³/mol. The fourth-order valence-electron chi connectivity index (χ4n) is 1.02. The van der Waals surface area contributed by atoms with E-state index in [1.165, 1.54) is 6.07 Å². The molecule has 0 fully saturated rings. The molecule has 0 unspecified atom stereocenters. The summed E-state index contributed by atoms with van der Waals surface area (Å²) in [6, 6.07) is 6.88. The highest BCUT2D eigenvalue weighted by atomic mass is 19.1. The average molecular weight is 175 g/mol. The summed E-state index contributed by atoms with van der Waals surface area (Å²) in [5, 5.41) is 8.28. The van der Waals surface area contributed by atoms with Crippen molar-refractivity contribution in [2.45, 2.75) is 13.3 Å². The quantitative estimate of drug-likeness (QED) is 0.677. The predicted octanol–water partition coefficient (Wildman–Crippen LogP) is 3.06. The zero-order valence-electron chi connectivity index (χ0n) is 7.42. The number of allylic oxidation sites excluding steroid dienone is 1. The molecule has 0 radical (unpaired) electrons. The van der Waals surface area contributed by atoms with E-state index in [-0.39, 0.29) is 5.82 Å². The number of halogens is 1. The van der Waals surface area contributed by atoms with Gasteiger partial charge in [0.05, 0.1) is 12.5 Å². The Labute approximate surface area is 77.1 Å². The largest absolute Gasteiger partial charge is 0.207 e. The van der Waals surface area contributed by atoms with Crippen LogP contribution in [0.3, 0.4) is 0 Å². The summed E-state index contributed by atoms with van der Waals surface area (Å²) in [7, 11) is 0. The van der Waals surface area contributed by atoms with Gasteiger partial charge >= 0.3 is 0 Å². The summed E-state index contributed by atoms with van der Waals surface area (Å²) in [6.45, 7) is 1.72. The molecule has 0 saturated heterocycles. The van der Waals surface area contributed by atoms with Crippen LogP contribution in [0.4, 0.5) is 4.39 Å². The van der Waals surface area contributed by atoms with Crippen LogP contribution >= 0.6 is 0 Å². The lowest BCUT2D eigenvalue weighted by atomic mass is 10.1. The molecule has 0 bridgehead atoms. The van der Waals surface area contributed by atoms with E-state index in [0.717, 1.165) is 5.56 Å². The van der Waals surface area contributed by atoms with Gasteiger partial charge in [-0.2, -0.15) is 5.26 Å². The molecule has 0 heterocycles. The smallest absolute Gasteiger partial charge is 0.126 e. The summed E-state index contributed by atoms with van der Waals surface area (Å²) in [5.74, 6) is -0.197. The molecule has 0 aromatic heterocycles. The second kappa shape index (κ2) is 4.42. The Kier molecular flexibility index (Phi) is 3.22. The van der Waals surface area contributed by atoms with Crippen LogP contribution in [0, 0.1) is 24.1 Å². The van der Waals surface area contributed by atoms with Gasteiger partial charge in [-0.15, -0.1) is 0 Å². The van der Waals surface area contributed by atoms with E-state index in [2.05, 4.69) is 0 Å². The van der Waals surface area contributed by atoms with Crippen LogP contribution in [-0.2, 0) is 0 Å². The summed E-state index contributed by atoms with van der Waals surface area (Å²) in [5.41, 5.74) is 1.55. The van der Waals surface area contributed by atoms with Crippen LogP contribution in [-0.4, -0.2) is 0 Å². The van der Waals surface area contributed by atoms with Gasteiger partial charge in [-0.1, -0.05) is 18.2 Å². The molecule has 0 saturated carbocycles. The fraction of sp³-hybridized carbons (Fsp3) is 0.182. The summed E-state index contributed by atoms with van der Waals surface area (Å²) in [6.07, 6.45) is 3.96. The van der Waals surface area contributed by atoms with Crippen LogP contribution in [0.1, 0.15) is 17.5 Å². The summed E-state index contributed by atoms with van der Waals surface area (Å²) in [4.78, 5) is 0. The third kappa shape index (κ3) is 2.72. The van der Waals surface area contributed by atoms with E-state index in [9.17, 15) is 4.39 Å². The van der Waals surface area contributed by atoms with Gasteiger partial charge in [0.25, 0.3) is 0 Å². The zero-order valence-corrected chi connectivity index (χ0v) is 7.42. The normalized spacial score (nSPS) is 10.2.